The first kappa shape index (κ1) is 17.9. The van der Waals surface area contributed by atoms with Gasteiger partial charge in [0, 0.05) is 13.2 Å². The molecule has 7 nitrogen and oxygen atoms in total. The van der Waals surface area contributed by atoms with Crippen LogP contribution in [0, 0.1) is 0 Å². The van der Waals surface area contributed by atoms with Gasteiger partial charge in [0.25, 0.3) is 0 Å². The van der Waals surface area contributed by atoms with Gasteiger partial charge in [-0.15, -0.1) is 0 Å². The third-order valence-corrected chi connectivity index (χ3v) is 2.90. The highest BCUT2D eigenvalue weighted by atomic mass is 16.6. The van der Waals surface area contributed by atoms with Crippen molar-refractivity contribution in [2.75, 3.05) is 39.6 Å². The molecule has 2 unspecified atom stereocenters. The number of rotatable bonds is 10. The van der Waals surface area contributed by atoms with Crippen LogP contribution in [0.5, 0.6) is 0 Å². The van der Waals surface area contributed by atoms with Crippen LogP contribution in [-0.2, 0) is 33.3 Å². The van der Waals surface area contributed by atoms with Gasteiger partial charge >= 0.3 is 11.9 Å². The minimum absolute atomic E-state index is 0.190. The fourth-order valence-electron chi connectivity index (χ4n) is 1.86. The summed E-state index contributed by atoms with van der Waals surface area (Å²) in [6.45, 7) is 5.98. The van der Waals surface area contributed by atoms with Crippen molar-refractivity contribution < 1.29 is 33.3 Å². The Morgan fingerprint density at radius 2 is 1.29 bits per heavy atom. The van der Waals surface area contributed by atoms with Crippen molar-refractivity contribution in [1.82, 2.24) is 0 Å². The Hall–Kier alpha value is -1.18. The molecule has 7 heteroatoms. The number of carbonyl (C=O) groups is 2. The van der Waals surface area contributed by atoms with Gasteiger partial charge < -0.3 is 23.7 Å². The molecule has 0 amide bonds. The van der Waals surface area contributed by atoms with Gasteiger partial charge in [-0.1, -0.05) is 0 Å². The maximum Gasteiger partial charge on any atom is 0.335 e. The highest BCUT2D eigenvalue weighted by Crippen LogP contribution is 2.21. The number of esters is 2. The second-order valence-corrected chi connectivity index (χ2v) is 4.42. The van der Waals surface area contributed by atoms with E-state index in [2.05, 4.69) is 0 Å². The van der Waals surface area contributed by atoms with Gasteiger partial charge in [-0.3, -0.25) is 0 Å². The second-order valence-electron chi connectivity index (χ2n) is 4.42. The molecule has 0 aromatic rings. The van der Waals surface area contributed by atoms with Crippen LogP contribution in [-0.4, -0.2) is 63.8 Å². The number of hydrogen-bond acceptors (Lipinski definition) is 7. The van der Waals surface area contributed by atoms with Crippen LogP contribution in [0.15, 0.2) is 0 Å². The summed E-state index contributed by atoms with van der Waals surface area (Å²) < 4.78 is 25.5. The molecule has 2 atom stereocenters. The Labute approximate surface area is 124 Å². The van der Waals surface area contributed by atoms with Crippen LogP contribution < -0.4 is 0 Å². The summed E-state index contributed by atoms with van der Waals surface area (Å²) in [6, 6.07) is 0. The van der Waals surface area contributed by atoms with Gasteiger partial charge in [-0.25, -0.2) is 9.59 Å². The van der Waals surface area contributed by atoms with Gasteiger partial charge in [-0.2, -0.15) is 0 Å². The average molecular weight is 304 g/mol. The molecule has 0 radical (unpaired) electrons. The molecule has 0 spiro atoms. The predicted octanol–water partition coefficient (Wildman–Crippen LogP) is 0.693. The summed E-state index contributed by atoms with van der Waals surface area (Å²) in [5, 5.41) is 0. The second kappa shape index (κ2) is 10.5. The Morgan fingerprint density at radius 1 is 0.857 bits per heavy atom. The molecule has 0 aliphatic carbocycles. The third-order valence-electron chi connectivity index (χ3n) is 2.90. The van der Waals surface area contributed by atoms with E-state index in [0.717, 1.165) is 0 Å². The molecule has 21 heavy (non-hydrogen) atoms. The first-order chi connectivity index (χ1) is 10.2. The quantitative estimate of drug-likeness (QED) is 0.434. The van der Waals surface area contributed by atoms with Gasteiger partial charge in [-0.05, 0) is 26.7 Å². The van der Waals surface area contributed by atoms with Crippen molar-refractivity contribution in [3.8, 4) is 0 Å². The topological polar surface area (TPSA) is 80.3 Å². The highest BCUT2D eigenvalue weighted by Gasteiger charge is 2.36. The number of hydrogen-bond donors (Lipinski definition) is 0. The number of ether oxygens (including phenoxy) is 5. The lowest BCUT2D eigenvalue weighted by molar-refractivity contribution is -0.166. The molecule has 1 fully saturated rings. The van der Waals surface area contributed by atoms with Crippen molar-refractivity contribution in [2.24, 2.45) is 0 Å². The van der Waals surface area contributed by atoms with Crippen molar-refractivity contribution in [1.29, 1.82) is 0 Å². The molecule has 1 aliphatic rings. The minimum atomic E-state index is -0.698. The molecular formula is C14H24O7. The van der Waals surface area contributed by atoms with Gasteiger partial charge in [0.15, 0.2) is 12.2 Å². The van der Waals surface area contributed by atoms with Crippen LogP contribution in [0.25, 0.3) is 0 Å². The fourth-order valence-corrected chi connectivity index (χ4v) is 1.86. The van der Waals surface area contributed by atoms with E-state index < -0.39 is 24.1 Å². The molecule has 0 bridgehead atoms. The lowest BCUT2D eigenvalue weighted by Gasteiger charge is -2.13. The maximum absolute atomic E-state index is 11.7. The molecule has 1 heterocycles. The van der Waals surface area contributed by atoms with Crippen LogP contribution in [0.3, 0.4) is 0 Å². The molecule has 0 aromatic carbocycles. The van der Waals surface area contributed by atoms with E-state index in [0.29, 0.717) is 39.3 Å². The predicted molar refractivity (Wildman–Crippen MR) is 72.8 cm³/mol. The van der Waals surface area contributed by atoms with E-state index in [-0.39, 0.29) is 13.2 Å². The molecule has 1 aliphatic heterocycles. The first-order valence-corrected chi connectivity index (χ1v) is 7.33. The average Bonchev–Trinajstić information content (AvgIpc) is 2.98. The van der Waals surface area contributed by atoms with Crippen LogP contribution in [0.2, 0.25) is 0 Å². The lowest BCUT2D eigenvalue weighted by atomic mass is 10.2. The Balaban J connectivity index is 2.18. The highest BCUT2D eigenvalue weighted by molar-refractivity contribution is 5.79. The van der Waals surface area contributed by atoms with Crippen molar-refractivity contribution in [2.45, 2.75) is 38.9 Å². The Morgan fingerprint density at radius 3 is 1.67 bits per heavy atom. The zero-order chi connectivity index (χ0) is 15.5. The number of carbonyl (C=O) groups excluding carboxylic acids is 2. The van der Waals surface area contributed by atoms with Crippen molar-refractivity contribution in [3.05, 3.63) is 0 Å². The molecular weight excluding hydrogens is 280 g/mol. The van der Waals surface area contributed by atoms with E-state index in [4.69, 9.17) is 23.7 Å². The summed E-state index contributed by atoms with van der Waals surface area (Å²) in [6.07, 6.45) is -0.482. The van der Waals surface area contributed by atoms with Crippen molar-refractivity contribution in [3.63, 3.8) is 0 Å². The molecule has 1 rings (SSSR count). The standard InChI is InChI=1S/C14H24O7/c1-3-17-7-9-19-13(15)11-5-6-12(21-11)14(16)20-10-8-18-4-2/h11-12H,3-10H2,1-2H3. The Bertz CT molecular complexity index is 288. The van der Waals surface area contributed by atoms with Gasteiger partial charge in [0.05, 0.1) is 13.2 Å². The lowest BCUT2D eigenvalue weighted by Crippen LogP contribution is -2.29. The summed E-state index contributed by atoms with van der Waals surface area (Å²) >= 11 is 0. The van der Waals surface area contributed by atoms with Crippen LogP contribution in [0.4, 0.5) is 0 Å². The fraction of sp³-hybridized carbons (Fsp3) is 0.857. The van der Waals surface area contributed by atoms with E-state index in [1.165, 1.54) is 0 Å². The summed E-state index contributed by atoms with van der Waals surface area (Å²) in [5.74, 6) is -0.918. The third kappa shape index (κ3) is 6.88. The largest absolute Gasteiger partial charge is 0.461 e. The summed E-state index contributed by atoms with van der Waals surface area (Å²) in [4.78, 5) is 23.4. The normalized spacial score (nSPS) is 21.2. The van der Waals surface area contributed by atoms with E-state index in [9.17, 15) is 9.59 Å². The van der Waals surface area contributed by atoms with Crippen LogP contribution in [0.1, 0.15) is 26.7 Å². The van der Waals surface area contributed by atoms with Crippen LogP contribution >= 0.6 is 0 Å². The molecule has 1 saturated heterocycles. The molecule has 122 valence electrons. The Kier molecular flexibility index (Phi) is 8.96. The van der Waals surface area contributed by atoms with E-state index in [1.807, 2.05) is 13.8 Å². The summed E-state index contributed by atoms with van der Waals surface area (Å²) in [7, 11) is 0. The maximum atomic E-state index is 11.7. The smallest absolute Gasteiger partial charge is 0.335 e. The van der Waals surface area contributed by atoms with Gasteiger partial charge in [0.1, 0.15) is 13.2 Å². The SMILES string of the molecule is CCOCCOC(=O)C1CCC(C(=O)OCCOCC)O1. The minimum Gasteiger partial charge on any atom is -0.461 e. The van der Waals surface area contributed by atoms with E-state index in [1.54, 1.807) is 0 Å². The zero-order valence-corrected chi connectivity index (χ0v) is 12.7. The monoisotopic (exact) mass is 304 g/mol. The van der Waals surface area contributed by atoms with Crippen molar-refractivity contribution >= 4 is 11.9 Å². The van der Waals surface area contributed by atoms with E-state index >= 15 is 0 Å². The summed E-state index contributed by atoms with van der Waals surface area (Å²) in [5.41, 5.74) is 0. The van der Waals surface area contributed by atoms with Gasteiger partial charge in [0.2, 0.25) is 0 Å². The molecule has 0 N–H and O–H groups in total. The molecule has 0 aromatic heterocycles. The molecule has 0 saturated carbocycles. The zero-order valence-electron chi connectivity index (χ0n) is 12.7. The first-order valence-electron chi connectivity index (χ1n) is 7.33.